The van der Waals surface area contributed by atoms with Crippen molar-refractivity contribution < 1.29 is 24.2 Å². The van der Waals surface area contributed by atoms with Crippen molar-refractivity contribution in [3.05, 3.63) is 29.8 Å². The van der Waals surface area contributed by atoms with Gasteiger partial charge in [-0.3, -0.25) is 14.5 Å². The van der Waals surface area contributed by atoms with Crippen LogP contribution in [0.1, 0.15) is 37.0 Å². The second kappa shape index (κ2) is 8.30. The number of rotatable bonds is 8. The third-order valence-electron chi connectivity index (χ3n) is 3.56. The molecule has 1 aromatic rings. The Morgan fingerprint density at radius 1 is 1.38 bits per heavy atom. The summed E-state index contributed by atoms with van der Waals surface area (Å²) in [5, 5.41) is 10.5. The van der Waals surface area contributed by atoms with Gasteiger partial charge in [0.25, 0.3) is 0 Å². The van der Waals surface area contributed by atoms with Gasteiger partial charge in [0.1, 0.15) is 0 Å². The SMILES string of the molecule is CC(C)OCCCN1C(=O)C[C@H](Sc2ccccc2C(=O)[O-])C1=O. The Hall–Kier alpha value is -1.86. The van der Waals surface area contributed by atoms with E-state index < -0.39 is 11.2 Å². The number of carboxylic acids is 1. The van der Waals surface area contributed by atoms with Crippen molar-refractivity contribution in [3.63, 3.8) is 0 Å². The molecule has 1 aromatic carbocycles. The second-order valence-electron chi connectivity index (χ2n) is 5.75. The summed E-state index contributed by atoms with van der Waals surface area (Å²) in [5.74, 6) is -1.80. The number of hydrogen-bond donors (Lipinski definition) is 0. The molecule has 1 aliphatic rings. The highest BCUT2D eigenvalue weighted by atomic mass is 32.2. The zero-order valence-corrected chi connectivity index (χ0v) is 14.5. The van der Waals surface area contributed by atoms with Crippen LogP contribution in [0.25, 0.3) is 0 Å². The molecular formula is C17H20NO5S-. The van der Waals surface area contributed by atoms with Gasteiger partial charge in [0.2, 0.25) is 11.8 Å². The minimum Gasteiger partial charge on any atom is -0.545 e. The van der Waals surface area contributed by atoms with E-state index in [-0.39, 0.29) is 29.9 Å². The zero-order valence-electron chi connectivity index (χ0n) is 13.7. The van der Waals surface area contributed by atoms with Crippen molar-refractivity contribution in [3.8, 4) is 0 Å². The fourth-order valence-corrected chi connectivity index (χ4v) is 3.61. The molecule has 0 aliphatic carbocycles. The molecule has 1 saturated heterocycles. The number of amides is 2. The van der Waals surface area contributed by atoms with Gasteiger partial charge in [-0.25, -0.2) is 0 Å². The number of carbonyl (C=O) groups is 3. The highest BCUT2D eigenvalue weighted by molar-refractivity contribution is 8.00. The van der Waals surface area contributed by atoms with Gasteiger partial charge < -0.3 is 14.6 Å². The average molecular weight is 350 g/mol. The van der Waals surface area contributed by atoms with E-state index in [2.05, 4.69) is 0 Å². The summed E-state index contributed by atoms with van der Waals surface area (Å²) in [4.78, 5) is 37.3. The maximum Gasteiger partial charge on any atom is 0.243 e. The Kier molecular flexibility index (Phi) is 6.39. The summed E-state index contributed by atoms with van der Waals surface area (Å²) in [5.41, 5.74) is 0.0338. The highest BCUT2D eigenvalue weighted by Crippen LogP contribution is 2.33. The Bertz CT molecular complexity index is 631. The molecule has 0 aromatic heterocycles. The summed E-state index contributed by atoms with van der Waals surface area (Å²) < 4.78 is 5.41. The van der Waals surface area contributed by atoms with Gasteiger partial charge in [-0.15, -0.1) is 11.8 Å². The molecule has 7 heteroatoms. The number of hydrogen-bond acceptors (Lipinski definition) is 6. The van der Waals surface area contributed by atoms with Crippen LogP contribution in [0.2, 0.25) is 0 Å². The van der Waals surface area contributed by atoms with Gasteiger partial charge in [0.15, 0.2) is 0 Å². The molecule has 1 aliphatic heterocycles. The molecule has 0 radical (unpaired) electrons. The first-order valence-corrected chi connectivity index (χ1v) is 8.71. The molecule has 1 atom stereocenters. The Balaban J connectivity index is 1.98. The standard InChI is InChI=1S/C17H21NO5S/c1-11(2)23-9-5-8-18-15(19)10-14(16(18)20)24-13-7-4-3-6-12(13)17(21)22/h3-4,6-7,11,14H,5,8-10H2,1-2H3,(H,21,22)/p-1/t14-/m0/s1. The summed E-state index contributed by atoms with van der Waals surface area (Å²) in [6.07, 6.45) is 0.776. The fraction of sp³-hybridized carbons (Fsp3) is 0.471. The molecule has 1 heterocycles. The van der Waals surface area contributed by atoms with Crippen LogP contribution in [0.4, 0.5) is 0 Å². The molecule has 0 spiro atoms. The lowest BCUT2D eigenvalue weighted by Crippen LogP contribution is -2.33. The lowest BCUT2D eigenvalue weighted by atomic mass is 10.2. The smallest absolute Gasteiger partial charge is 0.243 e. The fourth-order valence-electron chi connectivity index (χ4n) is 2.41. The first kappa shape index (κ1) is 18.5. The van der Waals surface area contributed by atoms with E-state index in [1.807, 2.05) is 13.8 Å². The van der Waals surface area contributed by atoms with Crippen molar-refractivity contribution in [1.82, 2.24) is 4.90 Å². The molecule has 2 amide bonds. The van der Waals surface area contributed by atoms with Crippen molar-refractivity contribution in [1.29, 1.82) is 0 Å². The Labute approximate surface area is 145 Å². The predicted molar refractivity (Wildman–Crippen MR) is 87.5 cm³/mol. The van der Waals surface area contributed by atoms with Crippen molar-refractivity contribution >= 4 is 29.5 Å². The molecule has 0 unspecified atom stereocenters. The van der Waals surface area contributed by atoms with Gasteiger partial charge >= 0.3 is 0 Å². The van der Waals surface area contributed by atoms with E-state index >= 15 is 0 Å². The average Bonchev–Trinajstić information content (AvgIpc) is 2.78. The van der Waals surface area contributed by atoms with Gasteiger partial charge in [0.05, 0.1) is 17.3 Å². The molecule has 6 nitrogen and oxygen atoms in total. The second-order valence-corrected chi connectivity index (χ2v) is 7.00. The van der Waals surface area contributed by atoms with Crippen LogP contribution in [0.15, 0.2) is 29.2 Å². The third kappa shape index (κ3) is 4.58. The number of imide groups is 1. The van der Waals surface area contributed by atoms with Crippen LogP contribution >= 0.6 is 11.8 Å². The maximum absolute atomic E-state index is 12.4. The number of benzene rings is 1. The maximum atomic E-state index is 12.4. The molecule has 0 N–H and O–H groups in total. The van der Waals surface area contributed by atoms with E-state index in [0.29, 0.717) is 24.5 Å². The predicted octanol–water partition coefficient (Wildman–Crippen LogP) is 1.08. The van der Waals surface area contributed by atoms with Crippen LogP contribution in [-0.4, -0.2) is 47.2 Å². The zero-order chi connectivity index (χ0) is 17.7. The van der Waals surface area contributed by atoms with E-state index in [1.54, 1.807) is 18.2 Å². The van der Waals surface area contributed by atoms with E-state index in [9.17, 15) is 19.5 Å². The number of carbonyl (C=O) groups excluding carboxylic acids is 3. The first-order chi connectivity index (χ1) is 11.4. The van der Waals surface area contributed by atoms with Crippen LogP contribution < -0.4 is 5.11 Å². The molecule has 1 fully saturated rings. The van der Waals surface area contributed by atoms with Crippen LogP contribution in [-0.2, 0) is 14.3 Å². The molecule has 0 saturated carbocycles. The minimum absolute atomic E-state index is 0.0338. The van der Waals surface area contributed by atoms with Crippen LogP contribution in [0.3, 0.4) is 0 Å². The molecule has 24 heavy (non-hydrogen) atoms. The number of thioether (sulfide) groups is 1. The number of aromatic carboxylic acids is 1. The topological polar surface area (TPSA) is 86.7 Å². The number of nitrogens with zero attached hydrogens (tertiary/aromatic N) is 1. The quantitative estimate of drug-likeness (QED) is 0.515. The molecule has 2 rings (SSSR count). The summed E-state index contributed by atoms with van der Waals surface area (Å²) >= 11 is 1.10. The van der Waals surface area contributed by atoms with E-state index in [4.69, 9.17) is 4.74 Å². The monoisotopic (exact) mass is 350 g/mol. The normalized spacial score (nSPS) is 17.8. The summed E-state index contributed by atoms with van der Waals surface area (Å²) in [6.45, 7) is 4.66. The van der Waals surface area contributed by atoms with Crippen molar-refractivity contribution in [2.75, 3.05) is 13.2 Å². The van der Waals surface area contributed by atoms with Gasteiger partial charge in [-0.2, -0.15) is 0 Å². The Morgan fingerprint density at radius 2 is 2.08 bits per heavy atom. The Morgan fingerprint density at radius 3 is 2.75 bits per heavy atom. The van der Waals surface area contributed by atoms with Crippen LogP contribution in [0, 0.1) is 0 Å². The van der Waals surface area contributed by atoms with Gasteiger partial charge in [-0.1, -0.05) is 18.2 Å². The number of ether oxygens (including phenoxy) is 1. The van der Waals surface area contributed by atoms with Crippen molar-refractivity contribution in [2.24, 2.45) is 0 Å². The lowest BCUT2D eigenvalue weighted by molar-refractivity contribution is -0.255. The molecule has 0 bridgehead atoms. The summed E-state index contributed by atoms with van der Waals surface area (Å²) in [7, 11) is 0. The lowest BCUT2D eigenvalue weighted by Gasteiger charge is -2.16. The largest absolute Gasteiger partial charge is 0.545 e. The van der Waals surface area contributed by atoms with Gasteiger partial charge in [-0.05, 0) is 26.3 Å². The van der Waals surface area contributed by atoms with Gasteiger partial charge in [0, 0.05) is 30.0 Å². The molecular weight excluding hydrogens is 330 g/mol. The number of likely N-dealkylation sites (tertiary alicyclic amines) is 1. The van der Waals surface area contributed by atoms with Crippen molar-refractivity contribution in [2.45, 2.75) is 42.9 Å². The third-order valence-corrected chi connectivity index (χ3v) is 4.82. The van der Waals surface area contributed by atoms with E-state index in [0.717, 1.165) is 11.8 Å². The van der Waals surface area contributed by atoms with E-state index in [1.165, 1.54) is 11.0 Å². The van der Waals surface area contributed by atoms with Crippen LogP contribution in [0.5, 0.6) is 0 Å². The minimum atomic E-state index is -1.29. The summed E-state index contributed by atoms with van der Waals surface area (Å²) in [6, 6.07) is 6.33. The first-order valence-electron chi connectivity index (χ1n) is 7.83. The number of carboxylic acid groups (broad SMARTS) is 1. The highest BCUT2D eigenvalue weighted by Gasteiger charge is 2.38. The molecule has 130 valence electrons.